The normalized spacial score (nSPS) is 11.1. The maximum absolute atomic E-state index is 12.5. The van der Waals surface area contributed by atoms with Gasteiger partial charge in [-0.1, -0.05) is 35.5 Å². The fraction of sp³-hybridized carbons (Fsp3) is 0.261. The average Bonchev–Trinajstić information content (AvgIpc) is 3.29. The SMILES string of the molecule is Cc1noc(C)c1CCNC(=O)c1ccc2nc(CCc3ccccc3)oc2c1. The third-order valence-electron chi connectivity index (χ3n) is 5.01. The number of benzene rings is 2. The second-order valence-corrected chi connectivity index (χ2v) is 7.08. The molecule has 0 radical (unpaired) electrons. The van der Waals surface area contributed by atoms with Crippen LogP contribution in [0.2, 0.25) is 0 Å². The number of fused-ring (bicyclic) bond motifs is 1. The molecule has 0 unspecified atom stereocenters. The lowest BCUT2D eigenvalue weighted by atomic mass is 10.1. The van der Waals surface area contributed by atoms with Crippen molar-refractivity contribution in [1.82, 2.24) is 15.5 Å². The smallest absolute Gasteiger partial charge is 0.251 e. The predicted molar refractivity (Wildman–Crippen MR) is 110 cm³/mol. The van der Waals surface area contributed by atoms with E-state index in [1.165, 1.54) is 5.56 Å². The Morgan fingerprint density at radius 2 is 1.86 bits per heavy atom. The lowest BCUT2D eigenvalue weighted by Gasteiger charge is -2.05. The van der Waals surface area contributed by atoms with Crippen molar-refractivity contribution in [3.63, 3.8) is 0 Å². The van der Waals surface area contributed by atoms with Crippen LogP contribution in [-0.2, 0) is 19.3 Å². The van der Waals surface area contributed by atoms with E-state index in [1.807, 2.05) is 38.1 Å². The Labute approximate surface area is 168 Å². The first-order chi connectivity index (χ1) is 14.1. The third kappa shape index (κ3) is 4.37. The van der Waals surface area contributed by atoms with E-state index in [9.17, 15) is 4.79 Å². The number of hydrogen-bond donors (Lipinski definition) is 1. The van der Waals surface area contributed by atoms with E-state index in [1.54, 1.807) is 12.1 Å². The summed E-state index contributed by atoms with van der Waals surface area (Å²) in [5.74, 6) is 1.34. The van der Waals surface area contributed by atoms with Crippen LogP contribution in [0.5, 0.6) is 0 Å². The fourth-order valence-electron chi connectivity index (χ4n) is 3.38. The molecule has 2 heterocycles. The monoisotopic (exact) mass is 389 g/mol. The Morgan fingerprint density at radius 3 is 2.62 bits per heavy atom. The number of rotatable bonds is 7. The topological polar surface area (TPSA) is 81.2 Å². The number of nitrogens with one attached hydrogen (secondary N) is 1. The van der Waals surface area contributed by atoms with Crippen LogP contribution >= 0.6 is 0 Å². The molecule has 0 atom stereocenters. The van der Waals surface area contributed by atoms with E-state index in [-0.39, 0.29) is 5.91 Å². The molecule has 0 saturated heterocycles. The number of oxazole rings is 1. The van der Waals surface area contributed by atoms with E-state index < -0.39 is 0 Å². The average molecular weight is 389 g/mol. The molecule has 0 aliphatic carbocycles. The lowest BCUT2D eigenvalue weighted by Crippen LogP contribution is -2.25. The number of hydrogen-bond acceptors (Lipinski definition) is 5. The van der Waals surface area contributed by atoms with Gasteiger partial charge in [0.05, 0.1) is 5.69 Å². The summed E-state index contributed by atoms with van der Waals surface area (Å²) < 4.78 is 11.0. The number of carbonyl (C=O) groups excluding carboxylic acids is 1. The minimum atomic E-state index is -0.138. The van der Waals surface area contributed by atoms with Crippen molar-refractivity contribution in [1.29, 1.82) is 0 Å². The summed E-state index contributed by atoms with van der Waals surface area (Å²) in [6, 6.07) is 15.6. The zero-order chi connectivity index (χ0) is 20.2. The van der Waals surface area contributed by atoms with Crippen LogP contribution in [0.1, 0.15) is 38.8 Å². The zero-order valence-electron chi connectivity index (χ0n) is 16.6. The summed E-state index contributed by atoms with van der Waals surface area (Å²) in [6.45, 7) is 4.30. The van der Waals surface area contributed by atoms with Gasteiger partial charge in [0.2, 0.25) is 0 Å². The molecule has 0 bridgehead atoms. The van der Waals surface area contributed by atoms with Crippen LogP contribution in [-0.4, -0.2) is 22.6 Å². The van der Waals surface area contributed by atoms with Crippen molar-refractivity contribution in [2.45, 2.75) is 33.1 Å². The molecule has 2 aromatic heterocycles. The maximum atomic E-state index is 12.5. The third-order valence-corrected chi connectivity index (χ3v) is 5.01. The van der Waals surface area contributed by atoms with Crippen molar-refractivity contribution in [3.05, 3.63) is 82.6 Å². The largest absolute Gasteiger partial charge is 0.441 e. The minimum absolute atomic E-state index is 0.138. The molecule has 0 aliphatic heterocycles. The summed E-state index contributed by atoms with van der Waals surface area (Å²) in [7, 11) is 0. The summed E-state index contributed by atoms with van der Waals surface area (Å²) in [4.78, 5) is 17.0. The highest BCUT2D eigenvalue weighted by molar-refractivity contribution is 5.97. The van der Waals surface area contributed by atoms with E-state index in [2.05, 4.69) is 27.6 Å². The lowest BCUT2D eigenvalue weighted by molar-refractivity contribution is 0.0954. The van der Waals surface area contributed by atoms with Crippen LogP contribution in [0.15, 0.2) is 57.5 Å². The van der Waals surface area contributed by atoms with Gasteiger partial charge < -0.3 is 14.3 Å². The van der Waals surface area contributed by atoms with E-state index in [0.29, 0.717) is 30.0 Å². The molecular weight excluding hydrogens is 366 g/mol. The number of carbonyl (C=O) groups is 1. The van der Waals surface area contributed by atoms with Gasteiger partial charge in [0.1, 0.15) is 11.3 Å². The molecule has 1 N–H and O–H groups in total. The van der Waals surface area contributed by atoms with E-state index >= 15 is 0 Å². The van der Waals surface area contributed by atoms with Gasteiger partial charge in [-0.3, -0.25) is 4.79 Å². The van der Waals surface area contributed by atoms with E-state index in [4.69, 9.17) is 8.94 Å². The van der Waals surface area contributed by atoms with Crippen molar-refractivity contribution >= 4 is 17.0 Å². The molecule has 1 amide bonds. The molecular formula is C23H23N3O3. The molecule has 6 heteroatoms. The zero-order valence-corrected chi connectivity index (χ0v) is 16.6. The first-order valence-electron chi connectivity index (χ1n) is 9.73. The Hall–Kier alpha value is -3.41. The first-order valence-corrected chi connectivity index (χ1v) is 9.73. The van der Waals surface area contributed by atoms with E-state index in [0.717, 1.165) is 35.4 Å². The molecule has 0 spiro atoms. The van der Waals surface area contributed by atoms with Crippen LogP contribution in [0.25, 0.3) is 11.1 Å². The van der Waals surface area contributed by atoms with Gasteiger partial charge in [0.15, 0.2) is 11.5 Å². The highest BCUT2D eigenvalue weighted by Gasteiger charge is 2.12. The Balaban J connectivity index is 1.38. The second kappa shape index (κ2) is 8.31. The predicted octanol–water partition coefficient (Wildman–Crippen LogP) is 4.19. The summed E-state index contributed by atoms with van der Waals surface area (Å²) >= 11 is 0. The Kier molecular flexibility index (Phi) is 5.42. The summed E-state index contributed by atoms with van der Waals surface area (Å²) in [5, 5.41) is 6.88. The highest BCUT2D eigenvalue weighted by Crippen LogP contribution is 2.19. The van der Waals surface area contributed by atoms with Crippen LogP contribution < -0.4 is 5.32 Å². The van der Waals surface area contributed by atoms with Gasteiger partial charge in [-0.05, 0) is 50.5 Å². The number of aryl methyl sites for hydroxylation is 4. The van der Waals surface area contributed by atoms with Crippen molar-refractivity contribution in [3.8, 4) is 0 Å². The number of nitrogens with zero attached hydrogens (tertiary/aromatic N) is 2. The van der Waals surface area contributed by atoms with Crippen molar-refractivity contribution in [2.75, 3.05) is 6.54 Å². The maximum Gasteiger partial charge on any atom is 0.251 e. The van der Waals surface area contributed by atoms with Crippen LogP contribution in [0.3, 0.4) is 0 Å². The molecule has 4 aromatic rings. The summed E-state index contributed by atoms with van der Waals surface area (Å²) in [5.41, 5.74) is 5.10. The first kappa shape index (κ1) is 18.9. The quantitative estimate of drug-likeness (QED) is 0.513. The molecule has 0 fully saturated rings. The molecule has 29 heavy (non-hydrogen) atoms. The number of aromatic nitrogens is 2. The molecule has 4 rings (SSSR count). The van der Waals surface area contributed by atoms with Crippen LogP contribution in [0, 0.1) is 13.8 Å². The van der Waals surface area contributed by atoms with Crippen molar-refractivity contribution in [2.24, 2.45) is 0 Å². The fourth-order valence-corrected chi connectivity index (χ4v) is 3.38. The van der Waals surface area contributed by atoms with Gasteiger partial charge >= 0.3 is 0 Å². The van der Waals surface area contributed by atoms with Gasteiger partial charge in [0.25, 0.3) is 5.91 Å². The van der Waals surface area contributed by atoms with Gasteiger partial charge in [-0.15, -0.1) is 0 Å². The van der Waals surface area contributed by atoms with Gasteiger partial charge in [-0.2, -0.15) is 0 Å². The second-order valence-electron chi connectivity index (χ2n) is 7.08. The minimum Gasteiger partial charge on any atom is -0.441 e. The molecule has 0 saturated carbocycles. The standard InChI is InChI=1S/C23H23N3O3/c1-15-19(16(2)29-26-15)12-13-24-23(27)18-9-10-20-21(14-18)28-22(25-20)11-8-17-6-4-3-5-7-17/h3-7,9-10,14H,8,11-13H2,1-2H3,(H,24,27). The summed E-state index contributed by atoms with van der Waals surface area (Å²) in [6.07, 6.45) is 2.27. The highest BCUT2D eigenvalue weighted by atomic mass is 16.5. The van der Waals surface area contributed by atoms with Gasteiger partial charge in [-0.25, -0.2) is 4.98 Å². The molecule has 2 aromatic carbocycles. The molecule has 0 aliphatic rings. The number of amides is 1. The molecule has 148 valence electrons. The van der Waals surface area contributed by atoms with Gasteiger partial charge in [0, 0.05) is 24.1 Å². The Morgan fingerprint density at radius 1 is 1.03 bits per heavy atom. The van der Waals surface area contributed by atoms with Crippen LogP contribution in [0.4, 0.5) is 0 Å². The Bertz CT molecular complexity index is 1110. The molecule has 6 nitrogen and oxygen atoms in total. The van der Waals surface area contributed by atoms with Crippen molar-refractivity contribution < 1.29 is 13.7 Å².